The van der Waals surface area contributed by atoms with Crippen molar-refractivity contribution < 1.29 is 0 Å². The standard InChI is InChI=1S/C18H14/c1-2-7-13-8-6-12-17-15-10-5-4-9-14(15)16(11-3-1)18(13)17/h1-4,6-9,11-12H,5,10H2/b2-1?,3-1-,7-2-,11-3?,13-7?,16-11-. The lowest BCUT2D eigenvalue weighted by Gasteiger charge is -2.09. The molecule has 0 saturated heterocycles. The molecule has 0 fully saturated rings. The first kappa shape index (κ1) is 9.90. The van der Waals surface area contributed by atoms with Crippen molar-refractivity contribution in [3.8, 4) is 0 Å². The van der Waals surface area contributed by atoms with Gasteiger partial charge in [-0.25, -0.2) is 0 Å². The molecule has 0 aromatic heterocycles. The van der Waals surface area contributed by atoms with Gasteiger partial charge in [0.05, 0.1) is 0 Å². The highest BCUT2D eigenvalue weighted by Gasteiger charge is 2.27. The molecule has 0 bridgehead atoms. The van der Waals surface area contributed by atoms with Gasteiger partial charge in [0, 0.05) is 0 Å². The van der Waals surface area contributed by atoms with E-state index in [0.717, 1.165) is 0 Å². The molecule has 3 aliphatic rings. The summed E-state index contributed by atoms with van der Waals surface area (Å²) >= 11 is 0. The Morgan fingerprint density at radius 1 is 0.944 bits per heavy atom. The Morgan fingerprint density at radius 2 is 1.94 bits per heavy atom. The molecule has 86 valence electrons. The number of hydrogen-bond donors (Lipinski definition) is 0. The minimum absolute atomic E-state index is 1.17. The average Bonchev–Trinajstić information content (AvgIpc) is 2.70. The molecule has 0 unspecified atom stereocenters. The van der Waals surface area contributed by atoms with Crippen molar-refractivity contribution in [1.82, 2.24) is 0 Å². The Labute approximate surface area is 107 Å². The first-order valence-electron chi connectivity index (χ1n) is 6.54. The van der Waals surface area contributed by atoms with Crippen LogP contribution in [0.5, 0.6) is 0 Å². The zero-order valence-corrected chi connectivity index (χ0v) is 10.2. The van der Waals surface area contributed by atoms with E-state index in [1.807, 2.05) is 0 Å². The van der Waals surface area contributed by atoms with Crippen LogP contribution >= 0.6 is 0 Å². The van der Waals surface area contributed by atoms with Crippen LogP contribution in [0.4, 0.5) is 0 Å². The molecule has 0 heteroatoms. The average molecular weight is 230 g/mol. The summed E-state index contributed by atoms with van der Waals surface area (Å²) < 4.78 is 0. The van der Waals surface area contributed by atoms with Crippen LogP contribution in [0.1, 0.15) is 29.5 Å². The Hall–Kier alpha value is -2.08. The van der Waals surface area contributed by atoms with Crippen LogP contribution in [0.25, 0.3) is 17.2 Å². The van der Waals surface area contributed by atoms with Gasteiger partial charge in [-0.15, -0.1) is 0 Å². The van der Waals surface area contributed by atoms with Crippen LogP contribution < -0.4 is 0 Å². The quantitative estimate of drug-likeness (QED) is 0.602. The molecule has 0 N–H and O–H groups in total. The van der Waals surface area contributed by atoms with E-state index >= 15 is 0 Å². The normalized spacial score (nSPS) is 25.7. The molecule has 0 spiro atoms. The van der Waals surface area contributed by atoms with Gasteiger partial charge in [-0.3, -0.25) is 0 Å². The summed E-state index contributed by atoms with van der Waals surface area (Å²) in [5.74, 6) is 0. The molecule has 0 atom stereocenters. The van der Waals surface area contributed by atoms with Gasteiger partial charge in [-0.2, -0.15) is 0 Å². The number of benzene rings is 1. The minimum Gasteiger partial charge on any atom is -0.0836 e. The highest BCUT2D eigenvalue weighted by atomic mass is 14.3. The molecule has 0 saturated carbocycles. The summed E-state index contributed by atoms with van der Waals surface area (Å²) in [6.45, 7) is 0. The van der Waals surface area contributed by atoms with Crippen molar-refractivity contribution in [3.05, 3.63) is 76.9 Å². The van der Waals surface area contributed by atoms with Crippen molar-refractivity contribution in [2.45, 2.75) is 12.8 Å². The molecular formula is C18H14. The largest absolute Gasteiger partial charge is 0.0836 e. The maximum Gasteiger partial charge on any atom is -0.00297 e. The summed E-state index contributed by atoms with van der Waals surface area (Å²) in [6.07, 6.45) is 17.8. The molecule has 3 aliphatic carbocycles. The molecule has 0 heterocycles. The van der Waals surface area contributed by atoms with E-state index in [2.05, 4.69) is 60.7 Å². The number of hydrogen-bond acceptors (Lipinski definition) is 0. The van der Waals surface area contributed by atoms with Gasteiger partial charge in [-0.05, 0) is 46.3 Å². The smallest absolute Gasteiger partial charge is 0.00297 e. The first-order valence-corrected chi connectivity index (χ1v) is 6.54. The van der Waals surface area contributed by atoms with E-state index in [4.69, 9.17) is 0 Å². The second-order valence-electron chi connectivity index (χ2n) is 4.93. The van der Waals surface area contributed by atoms with E-state index < -0.39 is 0 Å². The lowest BCUT2D eigenvalue weighted by molar-refractivity contribution is 1.05. The molecule has 0 nitrogen and oxygen atoms in total. The van der Waals surface area contributed by atoms with E-state index in [9.17, 15) is 0 Å². The Kier molecular flexibility index (Phi) is 2.04. The van der Waals surface area contributed by atoms with E-state index in [1.54, 1.807) is 0 Å². The number of rotatable bonds is 0. The predicted molar refractivity (Wildman–Crippen MR) is 77.9 cm³/mol. The Balaban J connectivity index is 2.08. The lowest BCUT2D eigenvalue weighted by Crippen LogP contribution is -1.89. The monoisotopic (exact) mass is 230 g/mol. The fourth-order valence-corrected chi connectivity index (χ4v) is 3.14. The van der Waals surface area contributed by atoms with Crippen LogP contribution in [0.3, 0.4) is 0 Å². The van der Waals surface area contributed by atoms with Crippen molar-refractivity contribution in [2.24, 2.45) is 0 Å². The third-order valence-corrected chi connectivity index (χ3v) is 3.91. The van der Waals surface area contributed by atoms with Gasteiger partial charge < -0.3 is 0 Å². The van der Waals surface area contributed by atoms with E-state index in [0.29, 0.717) is 0 Å². The summed E-state index contributed by atoms with van der Waals surface area (Å²) in [5, 5.41) is 0. The van der Waals surface area contributed by atoms with E-state index in [-0.39, 0.29) is 0 Å². The molecule has 0 radical (unpaired) electrons. The molecule has 0 amide bonds. The summed E-state index contributed by atoms with van der Waals surface area (Å²) in [4.78, 5) is 0. The molecule has 1 aromatic rings. The fraction of sp³-hybridized carbons (Fsp3) is 0.111. The fourth-order valence-electron chi connectivity index (χ4n) is 3.14. The molecule has 1 aromatic carbocycles. The highest BCUT2D eigenvalue weighted by Crippen LogP contribution is 2.47. The summed E-state index contributed by atoms with van der Waals surface area (Å²) in [7, 11) is 0. The Morgan fingerprint density at radius 3 is 2.94 bits per heavy atom. The highest BCUT2D eigenvalue weighted by molar-refractivity contribution is 6.05. The van der Waals surface area contributed by atoms with Gasteiger partial charge in [0.15, 0.2) is 0 Å². The maximum absolute atomic E-state index is 2.30. The zero-order valence-electron chi connectivity index (χ0n) is 10.2. The third kappa shape index (κ3) is 1.26. The zero-order chi connectivity index (χ0) is 11.9. The molecule has 18 heavy (non-hydrogen) atoms. The van der Waals surface area contributed by atoms with Gasteiger partial charge in [-0.1, -0.05) is 60.7 Å². The lowest BCUT2D eigenvalue weighted by atomic mass is 9.95. The first-order chi connectivity index (χ1) is 8.95. The van der Waals surface area contributed by atoms with E-state index in [1.165, 1.54) is 46.3 Å². The molecule has 0 aliphatic heterocycles. The second kappa shape index (κ2) is 3.71. The van der Waals surface area contributed by atoms with Gasteiger partial charge in [0.2, 0.25) is 0 Å². The minimum atomic E-state index is 1.17. The van der Waals surface area contributed by atoms with Crippen LogP contribution in [-0.2, 0) is 0 Å². The van der Waals surface area contributed by atoms with Gasteiger partial charge >= 0.3 is 0 Å². The number of allylic oxidation sites excluding steroid dienone is 9. The second-order valence-corrected chi connectivity index (χ2v) is 4.93. The van der Waals surface area contributed by atoms with Crippen LogP contribution in [0.2, 0.25) is 0 Å². The van der Waals surface area contributed by atoms with Crippen LogP contribution in [0, 0.1) is 0 Å². The summed E-state index contributed by atoms with van der Waals surface area (Å²) in [6, 6.07) is 6.66. The van der Waals surface area contributed by atoms with Crippen molar-refractivity contribution >= 4 is 17.2 Å². The van der Waals surface area contributed by atoms with Crippen LogP contribution in [-0.4, -0.2) is 0 Å². The van der Waals surface area contributed by atoms with Crippen molar-refractivity contribution in [3.63, 3.8) is 0 Å². The molecule has 4 rings (SSSR count). The van der Waals surface area contributed by atoms with Gasteiger partial charge in [0.25, 0.3) is 0 Å². The molecular weight excluding hydrogens is 216 g/mol. The summed E-state index contributed by atoms with van der Waals surface area (Å²) in [5.41, 5.74) is 8.57. The van der Waals surface area contributed by atoms with Crippen LogP contribution in [0.15, 0.2) is 60.2 Å². The number of fused-ring (bicyclic) bond motifs is 2. The third-order valence-electron chi connectivity index (χ3n) is 3.91. The topological polar surface area (TPSA) is 0 Å². The van der Waals surface area contributed by atoms with Gasteiger partial charge in [0.1, 0.15) is 0 Å². The SMILES string of the molecule is C1=CC2=C(CC1)c1cccc3c1\C2=C/C=C\C=C/3. The van der Waals surface area contributed by atoms with Crippen molar-refractivity contribution in [1.29, 1.82) is 0 Å². The predicted octanol–water partition coefficient (Wildman–Crippen LogP) is 4.77. The Bertz CT molecular complexity index is 676. The van der Waals surface area contributed by atoms with Crippen molar-refractivity contribution in [2.75, 3.05) is 0 Å². The maximum atomic E-state index is 2.30.